The highest BCUT2D eigenvalue weighted by atomic mass is 79.9. The molecule has 0 rings (SSSR count). The molecule has 2 atom stereocenters. The summed E-state index contributed by atoms with van der Waals surface area (Å²) in [5, 5.41) is 0. The van der Waals surface area contributed by atoms with Crippen LogP contribution < -0.4 is 0 Å². The van der Waals surface area contributed by atoms with Gasteiger partial charge in [-0.3, -0.25) is 0 Å². The minimum absolute atomic E-state index is 0.536. The van der Waals surface area contributed by atoms with E-state index >= 15 is 0 Å². The van der Waals surface area contributed by atoms with E-state index in [1.807, 2.05) is 4.99 Å². The predicted octanol–water partition coefficient (Wildman–Crippen LogP) is -1.56. The average molecular weight is 310 g/mol. The molecule has 0 aromatic carbocycles. The number of rotatable bonds is 6. The van der Waals surface area contributed by atoms with Gasteiger partial charge in [0.05, 0.1) is 0 Å². The summed E-state index contributed by atoms with van der Waals surface area (Å²) in [6.45, 7) is 0. The molecule has 0 nitrogen and oxygen atoms in total. The highest BCUT2D eigenvalue weighted by Gasteiger charge is 2.05. The molecule has 0 amide bonds. The zero-order chi connectivity index (χ0) is 14.8. The molecule has 0 aliphatic heterocycles. The van der Waals surface area contributed by atoms with Gasteiger partial charge in [0.15, 0.2) is 0 Å². The van der Waals surface area contributed by atoms with Crippen molar-refractivity contribution in [3.05, 3.63) is 57.8 Å². The van der Waals surface area contributed by atoms with Crippen LogP contribution in [0.5, 0.6) is 0 Å². The smallest absolute Gasteiger partial charge is 0.130 e. The Bertz CT molecular complexity index is 422. The van der Waals surface area contributed by atoms with Crippen molar-refractivity contribution in [1.82, 2.24) is 0 Å². The van der Waals surface area contributed by atoms with Crippen LogP contribution in [0.1, 0.15) is 0 Å². The van der Waals surface area contributed by atoms with Gasteiger partial charge in [-0.1, -0.05) is 45.2 Å². The van der Waals surface area contributed by atoms with Crippen molar-refractivity contribution in [3.8, 4) is 0 Å². The van der Waals surface area contributed by atoms with Crippen LogP contribution in [0.15, 0.2) is 57.8 Å². The fraction of sp³-hybridized carbons (Fsp3) is 0.167. The van der Waals surface area contributed by atoms with Gasteiger partial charge >= 0.3 is 0 Å². The average Bonchev–Trinajstić information content (AvgIpc) is 2.41. The van der Waals surface area contributed by atoms with Crippen LogP contribution in [0.2, 0.25) is 11.6 Å². The lowest BCUT2D eigenvalue weighted by Crippen LogP contribution is -1.99. The van der Waals surface area contributed by atoms with Crippen molar-refractivity contribution in [2.45, 2.75) is 11.6 Å². The molecule has 0 aliphatic carbocycles. The first-order valence-corrected chi connectivity index (χ1v) is 7.81. The van der Waals surface area contributed by atoms with E-state index in [0.29, 0.717) is 11.6 Å². The van der Waals surface area contributed by atoms with Crippen molar-refractivity contribution in [3.63, 3.8) is 0 Å². The minimum atomic E-state index is 0.536. The molecular formula is C12H21B6Br. The molecule has 0 aromatic rings. The monoisotopic (exact) mass is 310 g/mol. The molecule has 0 aliphatic rings. The topological polar surface area (TPSA) is 0 Å². The van der Waals surface area contributed by atoms with Crippen molar-refractivity contribution in [1.29, 1.82) is 0 Å². The summed E-state index contributed by atoms with van der Waals surface area (Å²) in [7, 11) is 13.0. The molecule has 0 spiro atoms. The highest BCUT2D eigenvalue weighted by molar-refractivity contribution is 9.11. The molecule has 0 aromatic heterocycles. The van der Waals surface area contributed by atoms with E-state index in [-0.39, 0.29) is 0 Å². The molecular weight excluding hydrogens is 289 g/mol. The second-order valence-corrected chi connectivity index (χ2v) is 5.48. The van der Waals surface area contributed by atoms with E-state index in [4.69, 9.17) is 0 Å². The Kier molecular flexibility index (Phi) is 10.1. The maximum atomic E-state index is 3.37. The van der Waals surface area contributed by atoms with E-state index in [9.17, 15) is 0 Å². The van der Waals surface area contributed by atoms with Crippen molar-refractivity contribution in [2.75, 3.05) is 0 Å². The Hall–Kier alpha value is -0.430. The fourth-order valence-electron chi connectivity index (χ4n) is 1.73. The first kappa shape index (κ1) is 18.6. The Balaban J connectivity index is 5.16. The van der Waals surface area contributed by atoms with Gasteiger partial charge in [0, 0.05) is 0 Å². The Morgan fingerprint density at radius 2 is 1.53 bits per heavy atom. The quantitative estimate of drug-likeness (QED) is 0.411. The summed E-state index contributed by atoms with van der Waals surface area (Å²) < 4.78 is 0. The standard InChI is InChI=1S/C12H21B6Br/c13-5-3-10(16)9(15)2-1-8(4-6-19)12(18)11(17)7-14/h1-7,9-10H,13-18H2/b2-1+,5-3+,6-4+,11-7-,12-8+. The summed E-state index contributed by atoms with van der Waals surface area (Å²) in [5.74, 6) is 5.38. The predicted molar refractivity (Wildman–Crippen MR) is 110 cm³/mol. The van der Waals surface area contributed by atoms with Crippen LogP contribution in [0.4, 0.5) is 0 Å². The van der Waals surface area contributed by atoms with Gasteiger partial charge in [0.1, 0.15) is 47.1 Å². The minimum Gasteiger partial charge on any atom is -0.130 e. The van der Waals surface area contributed by atoms with Gasteiger partial charge in [-0.2, -0.15) is 0 Å². The first-order valence-electron chi connectivity index (χ1n) is 6.89. The lowest BCUT2D eigenvalue weighted by molar-refractivity contribution is 1.04. The molecule has 0 fully saturated rings. The number of halogens is 1. The van der Waals surface area contributed by atoms with E-state index in [1.165, 1.54) is 16.5 Å². The second kappa shape index (κ2) is 10.4. The van der Waals surface area contributed by atoms with Gasteiger partial charge in [0.25, 0.3) is 0 Å². The molecule has 0 saturated heterocycles. The van der Waals surface area contributed by atoms with Gasteiger partial charge in [-0.25, -0.2) is 0 Å². The number of allylic oxidation sites excluding steroid dienone is 7. The lowest BCUT2D eigenvalue weighted by Gasteiger charge is -2.12. The summed E-state index contributed by atoms with van der Waals surface area (Å²) >= 11 is 3.37. The third-order valence-corrected chi connectivity index (χ3v) is 3.87. The zero-order valence-corrected chi connectivity index (χ0v) is 14.7. The van der Waals surface area contributed by atoms with Crippen LogP contribution in [0, 0.1) is 0 Å². The molecule has 19 heavy (non-hydrogen) atoms. The van der Waals surface area contributed by atoms with Crippen LogP contribution >= 0.6 is 15.9 Å². The molecule has 0 N–H and O–H groups in total. The molecule has 7 heteroatoms. The third-order valence-electron chi connectivity index (χ3n) is 3.60. The van der Waals surface area contributed by atoms with Crippen molar-refractivity contribution < 1.29 is 0 Å². The maximum absolute atomic E-state index is 3.37. The van der Waals surface area contributed by atoms with E-state index in [0.717, 1.165) is 0 Å². The van der Waals surface area contributed by atoms with Gasteiger partial charge in [-0.15, -0.1) is 23.5 Å². The van der Waals surface area contributed by atoms with E-state index in [2.05, 4.69) is 99.3 Å². The largest absolute Gasteiger partial charge is 0.139 e. The molecule has 0 bridgehead atoms. The van der Waals surface area contributed by atoms with Crippen LogP contribution in [0.3, 0.4) is 0 Å². The zero-order valence-electron chi connectivity index (χ0n) is 13.1. The third kappa shape index (κ3) is 7.06. The van der Waals surface area contributed by atoms with Crippen LogP contribution in [-0.4, -0.2) is 47.1 Å². The number of hydrogen-bond donors (Lipinski definition) is 0. The summed E-state index contributed by atoms with van der Waals surface area (Å²) in [6.07, 6.45) is 8.87. The highest BCUT2D eigenvalue weighted by Crippen LogP contribution is 2.22. The van der Waals surface area contributed by atoms with E-state index < -0.39 is 0 Å². The van der Waals surface area contributed by atoms with Gasteiger partial charge < -0.3 is 0 Å². The number of hydrogen-bond acceptors (Lipinski definition) is 0. The summed E-state index contributed by atoms with van der Waals surface area (Å²) in [5.41, 5.74) is 3.90. The first-order chi connectivity index (χ1) is 8.97. The molecule has 2 unspecified atom stereocenters. The lowest BCUT2D eigenvalue weighted by atomic mass is 9.65. The van der Waals surface area contributed by atoms with Gasteiger partial charge in [-0.05, 0) is 16.6 Å². The van der Waals surface area contributed by atoms with Crippen molar-refractivity contribution in [2.24, 2.45) is 0 Å². The second-order valence-electron chi connectivity index (χ2n) is 4.95. The summed E-state index contributed by atoms with van der Waals surface area (Å²) in [4.78, 5) is 1.92. The molecule has 0 heterocycles. The Labute approximate surface area is 132 Å². The van der Waals surface area contributed by atoms with Crippen LogP contribution in [0.25, 0.3) is 0 Å². The van der Waals surface area contributed by atoms with Crippen LogP contribution in [-0.2, 0) is 0 Å². The summed E-state index contributed by atoms with van der Waals surface area (Å²) in [6, 6.07) is 0. The normalized spacial score (nSPS) is 18.1. The van der Waals surface area contributed by atoms with E-state index in [1.54, 1.807) is 0 Å². The molecule has 0 saturated carbocycles. The fourth-order valence-corrected chi connectivity index (χ4v) is 2.01. The maximum Gasteiger partial charge on any atom is 0.139 e. The van der Waals surface area contributed by atoms with Crippen molar-refractivity contribution >= 4 is 63.0 Å². The molecule has 94 valence electrons. The molecule has 0 radical (unpaired) electrons. The van der Waals surface area contributed by atoms with Gasteiger partial charge in [0.2, 0.25) is 0 Å². The SMILES string of the molecule is B/C=C/C(B)C(B)/C=C/C(/C=C/Br)=C(B)/C(B)=C/B. The Morgan fingerprint density at radius 3 is 2.00 bits per heavy atom. The Morgan fingerprint density at radius 1 is 0.947 bits per heavy atom.